The summed E-state index contributed by atoms with van der Waals surface area (Å²) >= 11 is 0. The summed E-state index contributed by atoms with van der Waals surface area (Å²) in [6.45, 7) is 5.49. The van der Waals surface area contributed by atoms with Crippen LogP contribution in [-0.2, 0) is 0 Å². The van der Waals surface area contributed by atoms with Crippen molar-refractivity contribution in [3.63, 3.8) is 0 Å². The van der Waals surface area contributed by atoms with Crippen LogP contribution in [0.15, 0.2) is 36.0 Å². The van der Waals surface area contributed by atoms with E-state index < -0.39 is 0 Å². The molecule has 0 amide bonds. The fraction of sp³-hybridized carbons (Fsp3) is 0.400. The Kier molecular flexibility index (Phi) is 5.26. The molecule has 2 heteroatoms. The lowest BCUT2D eigenvalue weighted by Gasteiger charge is -2.04. The second kappa shape index (κ2) is 5.70. The summed E-state index contributed by atoms with van der Waals surface area (Å²) < 4.78 is 23.7. The molecule has 0 N–H and O–H groups in total. The summed E-state index contributed by atoms with van der Waals surface area (Å²) in [7, 11) is 0. The van der Waals surface area contributed by atoms with Crippen molar-refractivity contribution in [1.82, 2.24) is 0 Å². The van der Waals surface area contributed by atoms with Crippen LogP contribution in [0.2, 0.25) is 0 Å². The summed E-state index contributed by atoms with van der Waals surface area (Å²) in [4.78, 5) is 0. The van der Waals surface area contributed by atoms with E-state index in [0.717, 1.165) is 5.57 Å². The first-order valence-electron chi connectivity index (χ1n) is 3.87. The molecule has 0 unspecified atom stereocenters. The van der Waals surface area contributed by atoms with Gasteiger partial charge in [-0.05, 0) is 30.1 Å². The predicted molar refractivity (Wildman–Crippen MR) is 48.0 cm³/mol. The van der Waals surface area contributed by atoms with Crippen molar-refractivity contribution in [1.29, 1.82) is 0 Å². The maximum atomic E-state index is 11.9. The molecule has 0 aliphatic carbocycles. The highest BCUT2D eigenvalue weighted by Gasteiger charge is 1.98. The van der Waals surface area contributed by atoms with Gasteiger partial charge in [0.05, 0.1) is 12.7 Å². The summed E-state index contributed by atoms with van der Waals surface area (Å²) in [6.07, 6.45) is 3.95. The zero-order valence-electron chi connectivity index (χ0n) is 7.64. The highest BCUT2D eigenvalue weighted by atomic mass is 19.1. The van der Waals surface area contributed by atoms with Gasteiger partial charge in [0.1, 0.15) is 0 Å². The van der Waals surface area contributed by atoms with Crippen LogP contribution >= 0.6 is 0 Å². The molecule has 0 radical (unpaired) electrons. The molecule has 0 aliphatic heterocycles. The van der Waals surface area contributed by atoms with E-state index in [-0.39, 0.29) is 5.92 Å². The lowest BCUT2D eigenvalue weighted by molar-refractivity contribution is 0.706. The first-order chi connectivity index (χ1) is 5.61. The van der Waals surface area contributed by atoms with E-state index >= 15 is 0 Å². The minimum Gasteiger partial charge on any atom is -0.216 e. The zero-order valence-corrected chi connectivity index (χ0v) is 7.64. The third-order valence-corrected chi connectivity index (χ3v) is 1.49. The number of rotatable bonds is 3. The van der Waals surface area contributed by atoms with E-state index in [1.54, 1.807) is 13.0 Å². The van der Waals surface area contributed by atoms with Crippen LogP contribution in [0.25, 0.3) is 0 Å². The largest absolute Gasteiger partial charge is 0.216 e. The Morgan fingerprint density at radius 1 is 1.25 bits per heavy atom. The lowest BCUT2D eigenvalue weighted by atomic mass is 10.0. The quantitative estimate of drug-likeness (QED) is 0.566. The molecule has 68 valence electrons. The van der Waals surface area contributed by atoms with Gasteiger partial charge in [0.25, 0.3) is 0 Å². The molecule has 0 atom stereocenters. The Morgan fingerprint density at radius 3 is 2.17 bits per heavy atom. The fourth-order valence-electron chi connectivity index (χ4n) is 0.774. The van der Waals surface area contributed by atoms with Gasteiger partial charge in [-0.15, -0.1) is 0 Å². The van der Waals surface area contributed by atoms with Gasteiger partial charge in [-0.1, -0.05) is 19.9 Å². The maximum Gasteiger partial charge on any atom is 0.0896 e. The van der Waals surface area contributed by atoms with Crippen LogP contribution in [0.1, 0.15) is 20.8 Å². The average molecular weight is 172 g/mol. The Hall–Kier alpha value is -0.920. The standard InChI is InChI=1S/C10H14F2/c1-8(2)10(4-5-11)6-9(3)7-12/h4-8H,1-3H3/b5-4+,9-7+,10-6+. The predicted octanol–water partition coefficient (Wildman–Crippen LogP) is 3.93. The van der Waals surface area contributed by atoms with E-state index in [4.69, 9.17) is 0 Å². The summed E-state index contributed by atoms with van der Waals surface area (Å²) in [6, 6.07) is 0. The zero-order chi connectivity index (χ0) is 9.56. The van der Waals surface area contributed by atoms with Crippen molar-refractivity contribution in [3.05, 3.63) is 36.0 Å². The highest BCUT2D eigenvalue weighted by molar-refractivity contribution is 5.28. The van der Waals surface area contributed by atoms with E-state index in [0.29, 0.717) is 18.2 Å². The summed E-state index contributed by atoms with van der Waals surface area (Å²) in [5.41, 5.74) is 1.28. The first kappa shape index (κ1) is 11.1. The Labute approximate surface area is 72.3 Å². The van der Waals surface area contributed by atoms with Crippen LogP contribution in [0, 0.1) is 5.92 Å². The second-order valence-electron chi connectivity index (χ2n) is 2.94. The average Bonchev–Trinajstić information content (AvgIpc) is 2.03. The van der Waals surface area contributed by atoms with Crippen LogP contribution in [0.3, 0.4) is 0 Å². The van der Waals surface area contributed by atoms with Crippen molar-refractivity contribution in [2.75, 3.05) is 0 Å². The van der Waals surface area contributed by atoms with Crippen molar-refractivity contribution < 1.29 is 8.78 Å². The Balaban J connectivity index is 4.61. The van der Waals surface area contributed by atoms with E-state index in [1.807, 2.05) is 13.8 Å². The molecule has 0 saturated heterocycles. The Morgan fingerprint density at radius 2 is 1.83 bits per heavy atom. The molecule has 0 saturated carbocycles. The van der Waals surface area contributed by atoms with Gasteiger partial charge in [0.2, 0.25) is 0 Å². The third kappa shape index (κ3) is 4.06. The molecule has 0 fully saturated rings. The van der Waals surface area contributed by atoms with Crippen molar-refractivity contribution in [3.8, 4) is 0 Å². The third-order valence-electron chi connectivity index (χ3n) is 1.49. The molecule has 0 aromatic heterocycles. The highest BCUT2D eigenvalue weighted by Crippen LogP contribution is 2.14. The Bertz CT molecular complexity index is 210. The van der Waals surface area contributed by atoms with Gasteiger partial charge in [-0.3, -0.25) is 0 Å². The summed E-state index contributed by atoms with van der Waals surface area (Å²) in [5, 5.41) is 0. The molecule has 0 aromatic rings. The smallest absolute Gasteiger partial charge is 0.0896 e. The maximum absolute atomic E-state index is 11.9. The van der Waals surface area contributed by atoms with Crippen LogP contribution < -0.4 is 0 Å². The minimum absolute atomic E-state index is 0.201. The summed E-state index contributed by atoms with van der Waals surface area (Å²) in [5.74, 6) is 0.201. The van der Waals surface area contributed by atoms with Gasteiger partial charge >= 0.3 is 0 Å². The van der Waals surface area contributed by atoms with Crippen LogP contribution in [0.5, 0.6) is 0 Å². The molecule has 12 heavy (non-hydrogen) atoms. The van der Waals surface area contributed by atoms with Crippen molar-refractivity contribution in [2.45, 2.75) is 20.8 Å². The van der Waals surface area contributed by atoms with Gasteiger partial charge in [0, 0.05) is 0 Å². The number of hydrogen-bond donors (Lipinski definition) is 0. The molecule has 0 bridgehead atoms. The monoisotopic (exact) mass is 172 g/mol. The molecule has 0 heterocycles. The van der Waals surface area contributed by atoms with Crippen LogP contribution in [-0.4, -0.2) is 0 Å². The van der Waals surface area contributed by atoms with Gasteiger partial charge in [-0.2, -0.15) is 0 Å². The SMILES string of the molecule is CC(/C=C(\C=C\F)C(C)C)=C\F. The molecular weight excluding hydrogens is 158 g/mol. The minimum atomic E-state index is 0.201. The van der Waals surface area contributed by atoms with Crippen LogP contribution in [0.4, 0.5) is 8.78 Å². The van der Waals surface area contributed by atoms with Gasteiger partial charge in [-0.25, -0.2) is 8.78 Å². The molecule has 0 nitrogen and oxygen atoms in total. The molecule has 0 aliphatic rings. The topological polar surface area (TPSA) is 0 Å². The first-order valence-corrected chi connectivity index (χ1v) is 3.87. The molecule has 0 rings (SSSR count). The van der Waals surface area contributed by atoms with E-state index in [2.05, 4.69) is 0 Å². The molecular formula is C10H14F2. The molecule has 0 aromatic carbocycles. The van der Waals surface area contributed by atoms with Crippen molar-refractivity contribution in [2.24, 2.45) is 5.92 Å². The van der Waals surface area contributed by atoms with Crippen molar-refractivity contribution >= 4 is 0 Å². The fourth-order valence-corrected chi connectivity index (χ4v) is 0.774. The number of halogens is 2. The van der Waals surface area contributed by atoms with Gasteiger partial charge < -0.3 is 0 Å². The number of hydrogen-bond acceptors (Lipinski definition) is 0. The normalized spacial score (nSPS) is 14.8. The van der Waals surface area contributed by atoms with Gasteiger partial charge in [0.15, 0.2) is 0 Å². The molecule has 0 spiro atoms. The van der Waals surface area contributed by atoms with E-state index in [1.165, 1.54) is 6.08 Å². The lowest BCUT2D eigenvalue weighted by Crippen LogP contribution is -1.90. The second-order valence-corrected chi connectivity index (χ2v) is 2.94. The van der Waals surface area contributed by atoms with E-state index in [9.17, 15) is 8.78 Å². The number of allylic oxidation sites excluding steroid dienone is 4.